The van der Waals surface area contributed by atoms with Gasteiger partial charge in [0, 0.05) is 5.69 Å². The zero-order valence-electron chi connectivity index (χ0n) is 13.5. The van der Waals surface area contributed by atoms with Crippen LogP contribution in [0.2, 0.25) is 0 Å². The molecule has 0 saturated heterocycles. The van der Waals surface area contributed by atoms with Gasteiger partial charge in [0.05, 0.1) is 11.4 Å². The molecule has 5 N–H and O–H groups in total. The lowest BCUT2D eigenvalue weighted by Gasteiger charge is -2.03. The molecule has 0 fully saturated rings. The highest BCUT2D eigenvalue weighted by atomic mass is 16.6. The second kappa shape index (κ2) is 6.39. The van der Waals surface area contributed by atoms with Gasteiger partial charge in [-0.25, -0.2) is 10.1 Å². The number of nitrogens with two attached hydrogens (primary N) is 2. The highest BCUT2D eigenvalue weighted by Gasteiger charge is 2.20. The molecule has 3 aromatic rings. The molecule has 0 aliphatic carbocycles. The van der Waals surface area contributed by atoms with Gasteiger partial charge in [0.15, 0.2) is 5.69 Å². The molecule has 0 spiro atoms. The van der Waals surface area contributed by atoms with E-state index < -0.39 is 5.91 Å². The van der Waals surface area contributed by atoms with Gasteiger partial charge in [0.25, 0.3) is 5.91 Å². The van der Waals surface area contributed by atoms with Crippen LogP contribution in [-0.2, 0) is 0 Å². The predicted octanol–water partition coefficient (Wildman–Crippen LogP) is 0.277. The first kappa shape index (κ1) is 16.1. The summed E-state index contributed by atoms with van der Waals surface area (Å²) in [5.41, 5.74) is 16.3. The van der Waals surface area contributed by atoms with Crippen molar-refractivity contribution in [3.8, 4) is 5.82 Å². The van der Waals surface area contributed by atoms with Crippen LogP contribution in [0.3, 0.4) is 0 Å². The number of anilines is 2. The minimum atomic E-state index is -0.526. The number of nitrogen functional groups attached to an aromatic ring is 2. The quantitative estimate of drug-likeness (QED) is 0.346. The average molecular weight is 341 g/mol. The summed E-state index contributed by atoms with van der Waals surface area (Å²) in [7, 11) is 0. The van der Waals surface area contributed by atoms with Crippen molar-refractivity contribution < 1.29 is 9.42 Å². The molecule has 2 heterocycles. The molecular weight excluding hydrogens is 326 g/mol. The first-order valence-electron chi connectivity index (χ1n) is 7.18. The van der Waals surface area contributed by atoms with Crippen LogP contribution in [0.5, 0.6) is 0 Å². The largest absolute Gasteiger partial charge is 0.399 e. The average Bonchev–Trinajstić information content (AvgIpc) is 3.17. The lowest BCUT2D eigenvalue weighted by atomic mass is 10.1. The van der Waals surface area contributed by atoms with Gasteiger partial charge < -0.3 is 11.5 Å². The Bertz CT molecular complexity index is 957. The van der Waals surface area contributed by atoms with Gasteiger partial charge in [0.2, 0.25) is 11.6 Å². The molecule has 0 aliphatic rings. The summed E-state index contributed by atoms with van der Waals surface area (Å²) in [5, 5.41) is 18.8. The molecule has 11 heteroatoms. The molecule has 0 unspecified atom stereocenters. The summed E-state index contributed by atoms with van der Waals surface area (Å²) in [6, 6.07) is 7.16. The Labute approximate surface area is 141 Å². The molecule has 11 nitrogen and oxygen atoms in total. The van der Waals surface area contributed by atoms with Crippen LogP contribution in [0, 0.1) is 6.92 Å². The molecule has 1 aromatic carbocycles. The summed E-state index contributed by atoms with van der Waals surface area (Å²) in [6.45, 7) is 3.39. The number of hydrazone groups is 1. The van der Waals surface area contributed by atoms with Crippen molar-refractivity contribution in [1.29, 1.82) is 0 Å². The maximum absolute atomic E-state index is 12.3. The normalized spacial score (nSPS) is 11.5. The third-order valence-electron chi connectivity index (χ3n) is 3.44. The Kier molecular flexibility index (Phi) is 4.12. The number of carbonyl (C=O) groups is 1. The van der Waals surface area contributed by atoms with Gasteiger partial charge in [-0.3, -0.25) is 4.79 Å². The number of benzene rings is 1. The van der Waals surface area contributed by atoms with E-state index in [2.05, 4.69) is 35.8 Å². The number of carbonyl (C=O) groups excluding carboxylic acids is 1. The second-order valence-electron chi connectivity index (χ2n) is 5.17. The van der Waals surface area contributed by atoms with Crippen molar-refractivity contribution >= 4 is 23.1 Å². The zero-order chi connectivity index (χ0) is 18.0. The number of hydrogen-bond donors (Lipinski definition) is 3. The van der Waals surface area contributed by atoms with Crippen LogP contribution >= 0.6 is 0 Å². The predicted molar refractivity (Wildman–Crippen MR) is 88.9 cm³/mol. The van der Waals surface area contributed by atoms with Gasteiger partial charge in [-0.05, 0) is 41.9 Å². The summed E-state index contributed by atoms with van der Waals surface area (Å²) in [6.07, 6.45) is 0. The highest BCUT2D eigenvalue weighted by molar-refractivity contribution is 6.01. The lowest BCUT2D eigenvalue weighted by molar-refractivity contribution is 0.0949. The zero-order valence-corrected chi connectivity index (χ0v) is 13.5. The first-order chi connectivity index (χ1) is 12.0. The summed E-state index contributed by atoms with van der Waals surface area (Å²) < 4.78 is 5.77. The highest BCUT2D eigenvalue weighted by Crippen LogP contribution is 2.14. The summed E-state index contributed by atoms with van der Waals surface area (Å²) >= 11 is 0. The molecule has 0 atom stereocenters. The molecule has 2 aromatic heterocycles. The maximum atomic E-state index is 12.3. The van der Waals surface area contributed by atoms with E-state index in [1.54, 1.807) is 32.0 Å². The Hall–Kier alpha value is -3.76. The molecular formula is C14H15N9O2. The summed E-state index contributed by atoms with van der Waals surface area (Å²) in [5.74, 6) is -0.332. The smallest absolute Gasteiger partial charge is 0.293 e. The van der Waals surface area contributed by atoms with Crippen LogP contribution in [0.4, 0.5) is 11.5 Å². The lowest BCUT2D eigenvalue weighted by Crippen LogP contribution is -2.21. The fourth-order valence-electron chi connectivity index (χ4n) is 2.09. The van der Waals surface area contributed by atoms with Crippen molar-refractivity contribution in [3.63, 3.8) is 0 Å². The van der Waals surface area contributed by atoms with Gasteiger partial charge in [-0.15, -0.1) is 5.10 Å². The van der Waals surface area contributed by atoms with E-state index in [0.717, 1.165) is 5.56 Å². The topological polar surface area (TPSA) is 163 Å². The Morgan fingerprint density at radius 1 is 1.32 bits per heavy atom. The molecule has 3 rings (SSSR count). The fourth-order valence-corrected chi connectivity index (χ4v) is 2.09. The molecule has 0 aliphatic heterocycles. The standard InChI is InChI=1S/C14H15N9O2/c1-7(9-4-3-5-10(15)6-9)17-19-14(24)11-8(2)23(22-18-11)13-12(16)20-25-21-13/h3-6H,15H2,1-2H3,(H2,16,20)(H,19,24). The van der Waals surface area contributed by atoms with Crippen LogP contribution in [0.15, 0.2) is 34.0 Å². The number of hydrogen-bond acceptors (Lipinski definition) is 9. The van der Waals surface area contributed by atoms with Gasteiger partial charge in [0.1, 0.15) is 0 Å². The van der Waals surface area contributed by atoms with Crippen molar-refractivity contribution in [1.82, 2.24) is 30.7 Å². The van der Waals surface area contributed by atoms with Crippen molar-refractivity contribution in [3.05, 3.63) is 41.2 Å². The minimum absolute atomic E-state index is 0.0375. The summed E-state index contributed by atoms with van der Waals surface area (Å²) in [4.78, 5) is 12.3. The third kappa shape index (κ3) is 3.15. The van der Waals surface area contributed by atoms with E-state index in [1.807, 2.05) is 6.07 Å². The number of nitrogens with one attached hydrogen (secondary N) is 1. The number of nitrogens with zero attached hydrogens (tertiary/aromatic N) is 6. The molecule has 25 heavy (non-hydrogen) atoms. The fraction of sp³-hybridized carbons (Fsp3) is 0.143. The molecule has 1 amide bonds. The van der Waals surface area contributed by atoms with Crippen LogP contribution < -0.4 is 16.9 Å². The Morgan fingerprint density at radius 2 is 2.12 bits per heavy atom. The van der Waals surface area contributed by atoms with Gasteiger partial charge in [-0.1, -0.05) is 17.3 Å². The van der Waals surface area contributed by atoms with E-state index >= 15 is 0 Å². The molecule has 0 saturated carbocycles. The maximum Gasteiger partial charge on any atom is 0.293 e. The van der Waals surface area contributed by atoms with Crippen molar-refractivity contribution in [2.45, 2.75) is 13.8 Å². The molecule has 0 radical (unpaired) electrons. The minimum Gasteiger partial charge on any atom is -0.399 e. The van der Waals surface area contributed by atoms with E-state index in [9.17, 15) is 4.79 Å². The van der Waals surface area contributed by atoms with Crippen molar-refractivity contribution in [2.75, 3.05) is 11.5 Å². The number of rotatable bonds is 4. The van der Waals surface area contributed by atoms with E-state index in [0.29, 0.717) is 17.1 Å². The van der Waals surface area contributed by atoms with E-state index in [4.69, 9.17) is 11.5 Å². The van der Waals surface area contributed by atoms with Crippen LogP contribution in [0.1, 0.15) is 28.7 Å². The monoisotopic (exact) mass is 341 g/mol. The van der Waals surface area contributed by atoms with E-state index in [1.165, 1.54) is 4.68 Å². The van der Waals surface area contributed by atoms with Crippen LogP contribution in [-0.4, -0.2) is 36.9 Å². The third-order valence-corrected chi connectivity index (χ3v) is 3.44. The Balaban J connectivity index is 1.79. The van der Waals surface area contributed by atoms with Gasteiger partial charge >= 0.3 is 0 Å². The van der Waals surface area contributed by atoms with Crippen LogP contribution in [0.25, 0.3) is 5.82 Å². The molecule has 128 valence electrons. The number of amides is 1. The number of aromatic nitrogens is 5. The van der Waals surface area contributed by atoms with E-state index in [-0.39, 0.29) is 17.3 Å². The SMILES string of the molecule is CC(=NNC(=O)c1nnn(-c2nonc2N)c1C)c1cccc(N)c1. The first-order valence-corrected chi connectivity index (χ1v) is 7.18. The Morgan fingerprint density at radius 3 is 2.80 bits per heavy atom. The molecule has 0 bridgehead atoms. The van der Waals surface area contributed by atoms with Crippen molar-refractivity contribution in [2.24, 2.45) is 5.10 Å². The second-order valence-corrected chi connectivity index (χ2v) is 5.17. The van der Waals surface area contributed by atoms with Gasteiger partial charge in [-0.2, -0.15) is 9.78 Å².